The standard InChI is InChI=1S/C27H37F2N7O2/c1-17-11-31-36-18(13-37-2)14-38-27(25(17)36)15-34(16-27)23-10-21-19(24(32-23)26(28)29)4-3-5-20-22(12-35(20)21)33-8-6-30-7-9-33/h10-11,18,20,22,26,30H,3-9,12-16H2,1-2H3/t18-,20+,22-/m1/s1. The number of aryl methyl sites for hydroxylation is 1. The van der Waals surface area contributed by atoms with E-state index in [0.717, 1.165) is 68.1 Å². The third-order valence-electron chi connectivity index (χ3n) is 9.29. The summed E-state index contributed by atoms with van der Waals surface area (Å²) in [6.45, 7) is 9.29. The molecule has 0 aromatic carbocycles. The van der Waals surface area contributed by atoms with Crippen molar-refractivity contribution < 1.29 is 18.3 Å². The quantitative estimate of drug-likeness (QED) is 0.633. The zero-order chi connectivity index (χ0) is 26.0. The van der Waals surface area contributed by atoms with E-state index in [1.807, 2.05) is 10.9 Å². The summed E-state index contributed by atoms with van der Waals surface area (Å²) < 4.78 is 42.6. The highest BCUT2D eigenvalue weighted by atomic mass is 19.3. The van der Waals surface area contributed by atoms with Gasteiger partial charge in [-0.2, -0.15) is 5.10 Å². The van der Waals surface area contributed by atoms with Gasteiger partial charge in [0.2, 0.25) is 0 Å². The number of hydrogen-bond acceptors (Lipinski definition) is 8. The molecule has 0 unspecified atom stereocenters. The molecular weight excluding hydrogens is 492 g/mol. The summed E-state index contributed by atoms with van der Waals surface area (Å²) in [5, 5.41) is 8.05. The second-order valence-electron chi connectivity index (χ2n) is 11.5. The molecule has 1 N–H and O–H groups in total. The summed E-state index contributed by atoms with van der Waals surface area (Å²) in [5.74, 6) is 0.627. The van der Waals surface area contributed by atoms with Gasteiger partial charge in [-0.1, -0.05) is 0 Å². The number of methoxy groups -OCH3 is 1. The van der Waals surface area contributed by atoms with Crippen LogP contribution in [0.2, 0.25) is 0 Å². The number of ether oxygens (including phenoxy) is 2. The molecule has 2 aromatic rings. The molecule has 7 heterocycles. The normalized spacial score (nSPS) is 28.4. The minimum atomic E-state index is -2.59. The highest BCUT2D eigenvalue weighted by Gasteiger charge is 2.53. The van der Waals surface area contributed by atoms with Crippen LogP contribution in [0.25, 0.3) is 0 Å². The van der Waals surface area contributed by atoms with Crippen molar-refractivity contribution in [1.82, 2.24) is 25.0 Å². The number of rotatable bonds is 5. The van der Waals surface area contributed by atoms with E-state index in [4.69, 9.17) is 9.47 Å². The maximum Gasteiger partial charge on any atom is 0.280 e. The van der Waals surface area contributed by atoms with E-state index in [1.165, 1.54) is 0 Å². The van der Waals surface area contributed by atoms with E-state index in [-0.39, 0.29) is 11.7 Å². The molecule has 5 aliphatic heterocycles. The number of hydrogen-bond donors (Lipinski definition) is 1. The van der Waals surface area contributed by atoms with E-state index in [2.05, 4.69) is 43.1 Å². The fourth-order valence-electron chi connectivity index (χ4n) is 7.41. The van der Waals surface area contributed by atoms with Gasteiger partial charge in [0.05, 0.1) is 44.2 Å². The first-order valence-corrected chi connectivity index (χ1v) is 13.9. The largest absolute Gasteiger partial charge is 0.382 e. The second-order valence-corrected chi connectivity index (χ2v) is 11.5. The minimum Gasteiger partial charge on any atom is -0.382 e. The summed E-state index contributed by atoms with van der Waals surface area (Å²) in [5.41, 5.74) is 3.30. The molecular formula is C27H37F2N7O2. The number of pyridine rings is 1. The molecule has 206 valence electrons. The summed E-state index contributed by atoms with van der Waals surface area (Å²) in [6.07, 6.45) is 1.91. The molecule has 2 aromatic heterocycles. The number of nitrogens with zero attached hydrogens (tertiary/aromatic N) is 6. The third-order valence-corrected chi connectivity index (χ3v) is 9.29. The maximum absolute atomic E-state index is 14.4. The predicted molar refractivity (Wildman–Crippen MR) is 139 cm³/mol. The van der Waals surface area contributed by atoms with E-state index < -0.39 is 12.0 Å². The Morgan fingerprint density at radius 1 is 1.24 bits per heavy atom. The lowest BCUT2D eigenvalue weighted by Gasteiger charge is -2.55. The average molecular weight is 530 g/mol. The SMILES string of the molecule is COC[C@@H]1COC2(CN(c3cc4c(c(C(F)F)n3)CCC[C@H]3[C@H](N5CCNCC5)CN43)C2)c2c(C)cnn21. The van der Waals surface area contributed by atoms with Gasteiger partial charge in [-0.25, -0.2) is 13.8 Å². The first kappa shape index (κ1) is 24.7. The topological polar surface area (TPSA) is 70.9 Å². The van der Waals surface area contributed by atoms with Gasteiger partial charge in [-0.05, 0) is 31.7 Å². The van der Waals surface area contributed by atoms with E-state index >= 15 is 0 Å². The smallest absolute Gasteiger partial charge is 0.280 e. The number of fused-ring (bicyclic) bond motifs is 5. The number of halogens is 2. The Balaban J connectivity index is 1.17. The van der Waals surface area contributed by atoms with Crippen LogP contribution in [0.1, 0.15) is 47.8 Å². The summed E-state index contributed by atoms with van der Waals surface area (Å²) in [6, 6.07) is 2.99. The molecule has 3 atom stereocenters. The van der Waals surface area contributed by atoms with E-state index in [9.17, 15) is 8.78 Å². The van der Waals surface area contributed by atoms with Crippen LogP contribution < -0.4 is 15.1 Å². The number of anilines is 2. The van der Waals surface area contributed by atoms with Crippen molar-refractivity contribution in [3.63, 3.8) is 0 Å². The average Bonchev–Trinajstić information content (AvgIpc) is 3.22. The van der Waals surface area contributed by atoms with E-state index in [1.54, 1.807) is 7.11 Å². The van der Waals surface area contributed by atoms with Crippen LogP contribution in [-0.4, -0.2) is 97.9 Å². The highest BCUT2D eigenvalue weighted by molar-refractivity contribution is 5.66. The molecule has 0 bridgehead atoms. The highest BCUT2D eigenvalue weighted by Crippen LogP contribution is 2.47. The van der Waals surface area contributed by atoms with Crippen molar-refractivity contribution in [3.05, 3.63) is 34.8 Å². The first-order chi connectivity index (χ1) is 18.5. The van der Waals surface area contributed by atoms with Gasteiger partial charge in [-0.3, -0.25) is 9.58 Å². The summed E-state index contributed by atoms with van der Waals surface area (Å²) in [7, 11) is 1.69. The van der Waals surface area contributed by atoms with Gasteiger partial charge >= 0.3 is 0 Å². The fraction of sp³-hybridized carbons (Fsp3) is 0.704. The second kappa shape index (κ2) is 9.39. The lowest BCUT2D eigenvalue weighted by atomic mass is 9.86. The van der Waals surface area contributed by atoms with Crippen LogP contribution in [-0.2, 0) is 21.5 Å². The molecule has 5 aliphatic rings. The van der Waals surface area contributed by atoms with Crippen LogP contribution in [0.15, 0.2) is 12.3 Å². The zero-order valence-electron chi connectivity index (χ0n) is 22.2. The Bertz CT molecular complexity index is 1190. The van der Waals surface area contributed by atoms with Crippen LogP contribution in [0.4, 0.5) is 20.3 Å². The molecule has 0 radical (unpaired) electrons. The minimum absolute atomic E-state index is 0.0337. The Labute approximate surface area is 222 Å². The molecule has 0 amide bonds. The van der Waals surface area contributed by atoms with Gasteiger partial charge in [0.15, 0.2) is 0 Å². The Morgan fingerprint density at radius 2 is 2.05 bits per heavy atom. The van der Waals surface area contributed by atoms with Crippen molar-refractivity contribution >= 4 is 11.5 Å². The molecule has 0 saturated carbocycles. The number of aromatic nitrogens is 3. The molecule has 11 heteroatoms. The number of piperazine rings is 1. The van der Waals surface area contributed by atoms with Crippen LogP contribution in [0.3, 0.4) is 0 Å². The number of nitrogens with one attached hydrogen (secondary N) is 1. The van der Waals surface area contributed by atoms with E-state index in [0.29, 0.717) is 50.6 Å². The first-order valence-electron chi connectivity index (χ1n) is 13.9. The third kappa shape index (κ3) is 3.76. The fourth-order valence-corrected chi connectivity index (χ4v) is 7.41. The maximum atomic E-state index is 14.4. The van der Waals surface area contributed by atoms with Crippen molar-refractivity contribution in [2.75, 3.05) is 75.9 Å². The lowest BCUT2D eigenvalue weighted by molar-refractivity contribution is -0.119. The van der Waals surface area contributed by atoms with Crippen molar-refractivity contribution in [2.24, 2.45) is 0 Å². The van der Waals surface area contributed by atoms with Crippen LogP contribution in [0.5, 0.6) is 0 Å². The van der Waals surface area contributed by atoms with Crippen LogP contribution >= 0.6 is 0 Å². The molecule has 0 aliphatic carbocycles. The molecule has 3 saturated heterocycles. The van der Waals surface area contributed by atoms with Crippen molar-refractivity contribution in [2.45, 2.75) is 56.3 Å². The summed E-state index contributed by atoms with van der Waals surface area (Å²) >= 11 is 0. The molecule has 38 heavy (non-hydrogen) atoms. The molecule has 7 rings (SSSR count). The molecule has 3 fully saturated rings. The van der Waals surface area contributed by atoms with Crippen LogP contribution in [0, 0.1) is 6.92 Å². The lowest BCUT2D eigenvalue weighted by Crippen LogP contribution is -2.69. The van der Waals surface area contributed by atoms with Gasteiger partial charge in [0.1, 0.15) is 17.1 Å². The Kier molecular flexibility index (Phi) is 6.10. The van der Waals surface area contributed by atoms with Gasteiger partial charge in [-0.15, -0.1) is 0 Å². The van der Waals surface area contributed by atoms with Crippen molar-refractivity contribution in [3.8, 4) is 0 Å². The monoisotopic (exact) mass is 529 g/mol. The van der Waals surface area contributed by atoms with Gasteiger partial charge in [0.25, 0.3) is 6.43 Å². The Morgan fingerprint density at radius 3 is 2.82 bits per heavy atom. The Hall–Kier alpha value is -2.34. The van der Waals surface area contributed by atoms with Gasteiger partial charge in [0, 0.05) is 69.2 Å². The zero-order valence-corrected chi connectivity index (χ0v) is 22.2. The van der Waals surface area contributed by atoms with Crippen molar-refractivity contribution in [1.29, 1.82) is 0 Å². The molecule has 1 spiro atoms. The van der Waals surface area contributed by atoms with Gasteiger partial charge < -0.3 is 24.6 Å². The summed E-state index contributed by atoms with van der Waals surface area (Å²) in [4.78, 5) is 11.6. The number of alkyl halides is 2. The molecule has 9 nitrogen and oxygen atoms in total. The predicted octanol–water partition coefficient (Wildman–Crippen LogP) is 2.26.